The minimum Gasteiger partial charge on any atom is -0.535 e. The first kappa shape index (κ1) is 19.9. The molecule has 0 unspecified atom stereocenters. The van der Waals surface area contributed by atoms with Crippen LogP contribution in [-0.2, 0) is 20.8 Å². The van der Waals surface area contributed by atoms with Crippen molar-refractivity contribution in [1.29, 1.82) is 0 Å². The minimum absolute atomic E-state index is 0.00917. The van der Waals surface area contributed by atoms with Crippen molar-refractivity contribution in [3.8, 4) is 11.5 Å². The fourth-order valence-electron chi connectivity index (χ4n) is 3.03. The van der Waals surface area contributed by atoms with Gasteiger partial charge in [-0.2, -0.15) is 0 Å². The lowest BCUT2D eigenvalue weighted by molar-refractivity contribution is -0.150. The summed E-state index contributed by atoms with van der Waals surface area (Å²) in [5.41, 5.74) is 2.59. The van der Waals surface area contributed by atoms with E-state index in [1.54, 1.807) is 17.0 Å². The molecule has 3 rings (SSSR count). The van der Waals surface area contributed by atoms with Crippen LogP contribution in [0, 0.1) is 0 Å². The molecule has 2 aliphatic rings. The number of amides is 1. The highest BCUT2D eigenvalue weighted by Crippen LogP contribution is 2.37. The zero-order chi connectivity index (χ0) is 20.3. The summed E-state index contributed by atoms with van der Waals surface area (Å²) >= 11 is 0. The Balaban J connectivity index is 1.55. The van der Waals surface area contributed by atoms with Gasteiger partial charge in [-0.25, -0.2) is 15.1 Å². The Labute approximate surface area is 159 Å². The summed E-state index contributed by atoms with van der Waals surface area (Å²) in [5.74, 6) is -2.66. The van der Waals surface area contributed by atoms with Crippen LogP contribution in [0.5, 0.6) is 11.5 Å². The van der Waals surface area contributed by atoms with Crippen LogP contribution in [0.15, 0.2) is 12.1 Å². The van der Waals surface area contributed by atoms with Gasteiger partial charge < -0.3 is 24.6 Å². The van der Waals surface area contributed by atoms with Gasteiger partial charge in [-0.3, -0.25) is 14.5 Å². The normalized spacial score (nSPS) is 16.5. The number of rotatable bonds is 8. The number of hydrogen-bond acceptors (Lipinski definition) is 8. The second-order valence-electron chi connectivity index (χ2n) is 6.48. The number of aryl methyl sites for hydroxylation is 1. The van der Waals surface area contributed by atoms with Crippen molar-refractivity contribution in [2.75, 3.05) is 26.2 Å². The van der Waals surface area contributed by atoms with Crippen molar-refractivity contribution in [3.05, 3.63) is 23.3 Å². The zero-order valence-corrected chi connectivity index (χ0v) is 14.8. The molecule has 11 nitrogen and oxygen atoms in total. The van der Waals surface area contributed by atoms with E-state index < -0.39 is 31.6 Å². The van der Waals surface area contributed by atoms with Gasteiger partial charge in [0.2, 0.25) is 0 Å². The number of aliphatic carboxylic acids is 1. The lowest BCUT2D eigenvalue weighted by Gasteiger charge is -2.38. The van der Waals surface area contributed by atoms with E-state index in [4.69, 9.17) is 14.5 Å². The number of aromatic carboxylic acids is 1. The third-order valence-corrected chi connectivity index (χ3v) is 4.30. The smallest absolute Gasteiger partial charge is 0.522 e. The number of benzene rings is 1. The number of likely N-dealkylation sites (tertiary alicyclic amines) is 1. The van der Waals surface area contributed by atoms with E-state index in [9.17, 15) is 24.5 Å². The number of nitrogens with zero attached hydrogens (tertiary/aromatic N) is 1. The summed E-state index contributed by atoms with van der Waals surface area (Å²) in [7, 11) is -1.05. The lowest BCUT2D eigenvalue weighted by atomic mass is 9.78. The third-order valence-electron chi connectivity index (χ3n) is 4.30. The molecule has 0 aliphatic carbocycles. The minimum atomic E-state index is -1.22. The van der Waals surface area contributed by atoms with Gasteiger partial charge in [-0.05, 0) is 24.4 Å². The summed E-state index contributed by atoms with van der Waals surface area (Å²) < 4.78 is 11.0. The van der Waals surface area contributed by atoms with Crippen molar-refractivity contribution in [2.45, 2.75) is 18.8 Å². The van der Waals surface area contributed by atoms with Gasteiger partial charge in [0.1, 0.15) is 23.2 Å². The highest BCUT2D eigenvalue weighted by atomic mass is 16.7. The standard InChI is InChI=1S/C16H19BN2O9/c20-12(18-26-8-13(21)22)7-19-5-10(6-19)27-11-2-1-9-3-4-17(25)28-15(9)14(11)16(23)24/h1-2,10,25H,3-8H2,(H,18,20)(H,21,22)(H,23,24). The summed E-state index contributed by atoms with van der Waals surface area (Å²) in [6.07, 6.45) is 0.576. The average molecular weight is 394 g/mol. The van der Waals surface area contributed by atoms with Crippen LogP contribution in [0.1, 0.15) is 15.9 Å². The van der Waals surface area contributed by atoms with Gasteiger partial charge in [-0.15, -0.1) is 0 Å². The van der Waals surface area contributed by atoms with E-state index in [-0.39, 0.29) is 29.7 Å². The maximum atomic E-state index is 11.7. The van der Waals surface area contributed by atoms with Gasteiger partial charge in [0.15, 0.2) is 6.61 Å². The number of carboxylic acids is 2. The van der Waals surface area contributed by atoms with Gasteiger partial charge in [0.05, 0.1) is 6.54 Å². The zero-order valence-electron chi connectivity index (χ0n) is 14.8. The first-order valence-corrected chi connectivity index (χ1v) is 8.59. The highest BCUT2D eigenvalue weighted by molar-refractivity contribution is 6.44. The molecule has 12 heteroatoms. The molecule has 1 aromatic carbocycles. The van der Waals surface area contributed by atoms with E-state index in [0.717, 1.165) is 0 Å². The van der Waals surface area contributed by atoms with Crippen LogP contribution in [0.2, 0.25) is 6.32 Å². The largest absolute Gasteiger partial charge is 0.535 e. The molecule has 1 amide bonds. The fourth-order valence-corrected chi connectivity index (χ4v) is 3.03. The van der Waals surface area contributed by atoms with Crippen molar-refractivity contribution >= 4 is 25.0 Å². The average Bonchev–Trinajstić information content (AvgIpc) is 2.58. The first-order chi connectivity index (χ1) is 13.3. The molecule has 0 bridgehead atoms. The van der Waals surface area contributed by atoms with Gasteiger partial charge in [-0.1, -0.05) is 6.07 Å². The third kappa shape index (κ3) is 4.71. The van der Waals surface area contributed by atoms with E-state index in [1.807, 2.05) is 5.48 Å². The Kier molecular flexibility index (Phi) is 6.02. The van der Waals surface area contributed by atoms with Crippen molar-refractivity contribution in [2.24, 2.45) is 0 Å². The number of ether oxygens (including phenoxy) is 1. The van der Waals surface area contributed by atoms with E-state index >= 15 is 0 Å². The monoisotopic (exact) mass is 394 g/mol. The summed E-state index contributed by atoms with van der Waals surface area (Å²) in [6, 6.07) is 3.28. The Morgan fingerprint density at radius 1 is 1.29 bits per heavy atom. The van der Waals surface area contributed by atoms with Crippen molar-refractivity contribution in [1.82, 2.24) is 10.4 Å². The Bertz CT molecular complexity index is 782. The van der Waals surface area contributed by atoms with E-state index in [2.05, 4.69) is 4.84 Å². The van der Waals surface area contributed by atoms with Crippen LogP contribution in [0.4, 0.5) is 0 Å². The molecular weight excluding hydrogens is 375 g/mol. The highest BCUT2D eigenvalue weighted by Gasteiger charge is 2.34. The van der Waals surface area contributed by atoms with Crippen LogP contribution in [0.25, 0.3) is 0 Å². The van der Waals surface area contributed by atoms with Crippen LogP contribution >= 0.6 is 0 Å². The van der Waals surface area contributed by atoms with Crippen LogP contribution in [-0.4, -0.2) is 77.4 Å². The molecule has 2 aliphatic heterocycles. The topological polar surface area (TPSA) is 155 Å². The van der Waals surface area contributed by atoms with E-state index in [1.165, 1.54) is 0 Å². The Hall–Kier alpha value is -2.83. The molecule has 28 heavy (non-hydrogen) atoms. The molecule has 0 saturated carbocycles. The molecule has 0 spiro atoms. The van der Waals surface area contributed by atoms with Gasteiger partial charge in [0.25, 0.3) is 5.91 Å². The summed E-state index contributed by atoms with van der Waals surface area (Å²) in [5, 5.41) is 27.6. The predicted octanol–water partition coefficient (Wildman–Crippen LogP) is -1.00. The predicted molar refractivity (Wildman–Crippen MR) is 93.1 cm³/mol. The molecular formula is C16H19BN2O9. The van der Waals surface area contributed by atoms with Crippen molar-refractivity contribution in [3.63, 3.8) is 0 Å². The molecule has 0 atom stereocenters. The second-order valence-corrected chi connectivity index (χ2v) is 6.48. The number of hydroxylamine groups is 1. The fraction of sp³-hybridized carbons (Fsp3) is 0.438. The number of carbonyl (C=O) groups is 3. The second kappa shape index (κ2) is 8.46. The molecule has 1 saturated heterocycles. The first-order valence-electron chi connectivity index (χ1n) is 8.59. The number of nitrogens with one attached hydrogen (secondary N) is 1. The lowest BCUT2D eigenvalue weighted by Crippen LogP contribution is -2.56. The number of fused-ring (bicyclic) bond motifs is 1. The van der Waals surface area contributed by atoms with Gasteiger partial charge >= 0.3 is 19.1 Å². The number of hydrogen-bond donors (Lipinski definition) is 4. The Morgan fingerprint density at radius 3 is 2.71 bits per heavy atom. The maximum Gasteiger partial charge on any atom is 0.522 e. The van der Waals surface area contributed by atoms with Gasteiger partial charge in [0, 0.05) is 13.1 Å². The molecule has 4 N–H and O–H groups in total. The van der Waals surface area contributed by atoms with Crippen LogP contribution < -0.4 is 14.9 Å². The quantitative estimate of drug-likeness (QED) is 0.319. The number of carbonyl (C=O) groups excluding carboxylic acids is 1. The van der Waals surface area contributed by atoms with Crippen molar-refractivity contribution < 1.29 is 43.8 Å². The molecule has 0 radical (unpaired) electrons. The summed E-state index contributed by atoms with van der Waals surface area (Å²) in [4.78, 5) is 39.8. The maximum absolute atomic E-state index is 11.7. The molecule has 1 aromatic rings. The molecule has 150 valence electrons. The Morgan fingerprint density at radius 2 is 2.04 bits per heavy atom. The summed E-state index contributed by atoms with van der Waals surface area (Å²) in [6.45, 7) is 0.118. The van der Waals surface area contributed by atoms with E-state index in [0.29, 0.717) is 31.4 Å². The van der Waals surface area contributed by atoms with Crippen LogP contribution in [0.3, 0.4) is 0 Å². The molecule has 1 fully saturated rings. The molecule has 0 aromatic heterocycles. The molecule has 2 heterocycles. The number of carboxylic acid groups (broad SMARTS) is 2. The SMILES string of the molecule is O=C(O)CONC(=O)CN1CC(Oc2ccc3c(c2C(=O)O)OB(O)CC3)C1.